The van der Waals surface area contributed by atoms with Gasteiger partial charge in [0, 0.05) is 6.07 Å². The monoisotopic (exact) mass is 291 g/mol. The first kappa shape index (κ1) is 12.6. The van der Waals surface area contributed by atoms with E-state index < -0.39 is 0 Å². The van der Waals surface area contributed by atoms with Crippen molar-refractivity contribution in [2.75, 3.05) is 12.8 Å². The first-order chi connectivity index (χ1) is 9.69. The normalized spacial score (nSPS) is 10.7. The number of benzene rings is 1. The van der Waals surface area contributed by atoms with Gasteiger partial charge in [-0.25, -0.2) is 0 Å². The molecule has 0 aliphatic carbocycles. The number of methoxy groups -OCH3 is 1. The van der Waals surface area contributed by atoms with Gasteiger partial charge in [-0.2, -0.15) is 4.98 Å². The third-order valence-electron chi connectivity index (χ3n) is 2.72. The van der Waals surface area contributed by atoms with Crippen LogP contribution in [0.5, 0.6) is 5.75 Å². The average molecular weight is 292 g/mol. The maximum Gasteiger partial charge on any atom is 0.262 e. The van der Waals surface area contributed by atoms with Gasteiger partial charge in [-0.05, 0) is 18.2 Å². The quantitative estimate of drug-likeness (QED) is 0.745. The summed E-state index contributed by atoms with van der Waals surface area (Å²) >= 11 is 6.01. The van der Waals surface area contributed by atoms with E-state index in [-0.39, 0.29) is 5.89 Å². The summed E-state index contributed by atoms with van der Waals surface area (Å²) in [5, 5.41) is 4.24. The second-order valence-electron chi connectivity index (χ2n) is 3.97. The van der Waals surface area contributed by atoms with Crippen molar-refractivity contribution in [2.24, 2.45) is 0 Å². The van der Waals surface area contributed by atoms with E-state index in [4.69, 9.17) is 31.0 Å². The molecule has 102 valence electrons. The number of anilines is 1. The number of furan rings is 1. The molecule has 2 N–H and O–H groups in total. The first-order valence-electron chi connectivity index (χ1n) is 5.70. The first-order valence-corrected chi connectivity index (χ1v) is 6.08. The third kappa shape index (κ3) is 2.10. The fraction of sp³-hybridized carbons (Fsp3) is 0.0769. The minimum Gasteiger partial charge on any atom is -0.496 e. The molecular weight excluding hydrogens is 282 g/mol. The number of nitrogens with two attached hydrogens (primary N) is 1. The van der Waals surface area contributed by atoms with E-state index in [1.807, 2.05) is 0 Å². The summed E-state index contributed by atoms with van der Waals surface area (Å²) in [6, 6.07) is 6.71. The predicted octanol–water partition coefficient (Wildman–Crippen LogP) is 3.24. The van der Waals surface area contributed by atoms with Crippen LogP contribution < -0.4 is 10.5 Å². The van der Waals surface area contributed by atoms with E-state index in [0.29, 0.717) is 33.6 Å². The van der Waals surface area contributed by atoms with Crippen LogP contribution in [0.2, 0.25) is 5.02 Å². The van der Waals surface area contributed by atoms with Crippen LogP contribution in [0.15, 0.2) is 39.5 Å². The van der Waals surface area contributed by atoms with Gasteiger partial charge in [0.15, 0.2) is 5.76 Å². The standard InChI is InChI=1S/C13H10ClN3O3/c1-18-11-6-9(15)8(14)5-7(11)13-16-12(17-20-13)10-3-2-4-19-10/h2-6H,15H2,1H3. The fourth-order valence-electron chi connectivity index (χ4n) is 1.74. The van der Waals surface area contributed by atoms with Gasteiger partial charge >= 0.3 is 0 Å². The van der Waals surface area contributed by atoms with Crippen molar-refractivity contribution in [2.45, 2.75) is 0 Å². The van der Waals surface area contributed by atoms with E-state index in [1.165, 1.54) is 13.4 Å². The zero-order chi connectivity index (χ0) is 14.1. The molecule has 3 aromatic rings. The summed E-state index contributed by atoms with van der Waals surface area (Å²) in [5.74, 6) is 1.64. The molecule has 0 bridgehead atoms. The number of hydrogen-bond acceptors (Lipinski definition) is 6. The lowest BCUT2D eigenvalue weighted by molar-refractivity contribution is 0.405. The molecule has 6 nitrogen and oxygen atoms in total. The topological polar surface area (TPSA) is 87.3 Å². The van der Waals surface area contributed by atoms with Crippen molar-refractivity contribution in [1.82, 2.24) is 10.1 Å². The summed E-state index contributed by atoms with van der Waals surface area (Å²) in [7, 11) is 1.52. The van der Waals surface area contributed by atoms with Gasteiger partial charge in [-0.1, -0.05) is 16.8 Å². The molecule has 0 aliphatic rings. The Morgan fingerprint density at radius 3 is 2.90 bits per heavy atom. The summed E-state index contributed by atoms with van der Waals surface area (Å²) in [4.78, 5) is 4.25. The Morgan fingerprint density at radius 1 is 1.35 bits per heavy atom. The maximum absolute atomic E-state index is 6.01. The van der Waals surface area contributed by atoms with Crippen LogP contribution in [0.3, 0.4) is 0 Å². The molecule has 0 amide bonds. The van der Waals surface area contributed by atoms with Gasteiger partial charge in [0.05, 0.1) is 29.6 Å². The van der Waals surface area contributed by atoms with E-state index in [0.717, 1.165) is 0 Å². The predicted molar refractivity (Wildman–Crippen MR) is 73.4 cm³/mol. The van der Waals surface area contributed by atoms with Gasteiger partial charge in [0.1, 0.15) is 5.75 Å². The minimum atomic E-state index is 0.273. The van der Waals surface area contributed by atoms with Gasteiger partial charge in [-0.3, -0.25) is 0 Å². The van der Waals surface area contributed by atoms with Crippen LogP contribution in [-0.4, -0.2) is 17.3 Å². The average Bonchev–Trinajstić information content (AvgIpc) is 3.10. The summed E-state index contributed by atoms with van der Waals surface area (Å²) < 4.78 is 15.7. The Bertz CT molecular complexity index is 737. The molecule has 7 heteroatoms. The van der Waals surface area contributed by atoms with Crippen molar-refractivity contribution in [3.63, 3.8) is 0 Å². The Labute approximate surface area is 119 Å². The van der Waals surface area contributed by atoms with Gasteiger partial charge in [0.2, 0.25) is 5.82 Å². The molecule has 0 fully saturated rings. The highest BCUT2D eigenvalue weighted by molar-refractivity contribution is 6.33. The van der Waals surface area contributed by atoms with Crippen molar-refractivity contribution < 1.29 is 13.7 Å². The van der Waals surface area contributed by atoms with E-state index in [2.05, 4.69) is 10.1 Å². The highest BCUT2D eigenvalue weighted by Gasteiger charge is 2.17. The van der Waals surface area contributed by atoms with E-state index in [1.54, 1.807) is 24.3 Å². The largest absolute Gasteiger partial charge is 0.496 e. The molecule has 0 aliphatic heterocycles. The fourth-order valence-corrected chi connectivity index (χ4v) is 1.91. The molecule has 0 radical (unpaired) electrons. The maximum atomic E-state index is 6.01. The zero-order valence-corrected chi connectivity index (χ0v) is 11.2. The van der Waals surface area contributed by atoms with Crippen LogP contribution in [0.4, 0.5) is 5.69 Å². The SMILES string of the molecule is COc1cc(N)c(Cl)cc1-c1nc(-c2ccco2)no1. The number of ether oxygens (including phenoxy) is 1. The van der Waals surface area contributed by atoms with Crippen LogP contribution >= 0.6 is 11.6 Å². The van der Waals surface area contributed by atoms with Gasteiger partial charge in [-0.15, -0.1) is 0 Å². The Kier molecular flexibility index (Phi) is 3.08. The summed E-state index contributed by atoms with van der Waals surface area (Å²) in [6.45, 7) is 0. The highest BCUT2D eigenvalue weighted by atomic mass is 35.5. The van der Waals surface area contributed by atoms with Gasteiger partial charge < -0.3 is 19.4 Å². The number of aromatic nitrogens is 2. The third-order valence-corrected chi connectivity index (χ3v) is 3.04. The second kappa shape index (κ2) is 4.90. The summed E-state index contributed by atoms with van der Waals surface area (Å²) in [5.41, 5.74) is 6.71. The van der Waals surface area contributed by atoms with Gasteiger partial charge in [0.25, 0.3) is 5.89 Å². The Morgan fingerprint density at radius 2 is 2.20 bits per heavy atom. The van der Waals surface area contributed by atoms with Crippen LogP contribution in [0, 0.1) is 0 Å². The van der Waals surface area contributed by atoms with E-state index in [9.17, 15) is 0 Å². The second-order valence-corrected chi connectivity index (χ2v) is 4.38. The molecule has 0 spiro atoms. The molecule has 20 heavy (non-hydrogen) atoms. The minimum absolute atomic E-state index is 0.273. The highest BCUT2D eigenvalue weighted by Crippen LogP contribution is 2.35. The van der Waals surface area contributed by atoms with E-state index >= 15 is 0 Å². The van der Waals surface area contributed by atoms with Crippen molar-refractivity contribution in [3.05, 3.63) is 35.6 Å². The van der Waals surface area contributed by atoms with Crippen molar-refractivity contribution in [3.8, 4) is 28.8 Å². The molecule has 0 unspecified atom stereocenters. The lowest BCUT2D eigenvalue weighted by Crippen LogP contribution is -1.93. The van der Waals surface area contributed by atoms with Crippen molar-refractivity contribution in [1.29, 1.82) is 0 Å². The number of hydrogen-bond donors (Lipinski definition) is 1. The number of rotatable bonds is 3. The summed E-state index contributed by atoms with van der Waals surface area (Å²) in [6.07, 6.45) is 1.53. The molecule has 0 atom stereocenters. The van der Waals surface area contributed by atoms with Crippen LogP contribution in [-0.2, 0) is 0 Å². The molecule has 1 aromatic carbocycles. The molecule has 0 saturated heterocycles. The zero-order valence-electron chi connectivity index (χ0n) is 10.5. The number of nitrogens with zero attached hydrogens (tertiary/aromatic N) is 2. The van der Waals surface area contributed by atoms with Crippen molar-refractivity contribution >= 4 is 17.3 Å². The Hall–Kier alpha value is -2.47. The van der Waals surface area contributed by atoms with Crippen LogP contribution in [0.1, 0.15) is 0 Å². The smallest absolute Gasteiger partial charge is 0.262 e. The van der Waals surface area contributed by atoms with Crippen LogP contribution in [0.25, 0.3) is 23.0 Å². The molecule has 2 heterocycles. The lowest BCUT2D eigenvalue weighted by atomic mass is 10.2. The number of halogens is 1. The Balaban J connectivity index is 2.07. The lowest BCUT2D eigenvalue weighted by Gasteiger charge is -2.07. The molecule has 3 rings (SSSR count). The molecule has 2 aromatic heterocycles. The number of nitrogen functional groups attached to an aromatic ring is 1. The molecular formula is C13H10ClN3O3. The molecule has 0 saturated carbocycles.